The normalized spacial score (nSPS) is 26.5. The second-order valence-electron chi connectivity index (χ2n) is 8.19. The molecule has 4 N–H and O–H groups in total. The van der Waals surface area contributed by atoms with Crippen LogP contribution in [0.25, 0.3) is 0 Å². The summed E-state index contributed by atoms with van der Waals surface area (Å²) in [5.74, 6) is 0.174. The Labute approximate surface area is 156 Å². The number of nitrogens with one attached hydrogen (secondary N) is 2. The summed E-state index contributed by atoms with van der Waals surface area (Å²) in [6.07, 6.45) is 8.18. The van der Waals surface area contributed by atoms with Crippen molar-refractivity contribution in [2.24, 2.45) is 17.6 Å². The fourth-order valence-electron chi connectivity index (χ4n) is 4.29. The van der Waals surface area contributed by atoms with Crippen LogP contribution in [0.3, 0.4) is 0 Å². The lowest BCUT2D eigenvalue weighted by atomic mass is 9.74. The van der Waals surface area contributed by atoms with Gasteiger partial charge in [-0.15, -0.1) is 0 Å². The minimum Gasteiger partial charge on any atom is -0.352 e. The molecule has 0 aliphatic heterocycles. The largest absolute Gasteiger partial charge is 0.352 e. The lowest BCUT2D eigenvalue weighted by Crippen LogP contribution is -2.52. The van der Waals surface area contributed by atoms with E-state index in [1.807, 2.05) is 31.2 Å². The quantitative estimate of drug-likeness (QED) is 0.755. The predicted octanol–water partition coefficient (Wildman–Crippen LogP) is 3.34. The Balaban J connectivity index is 1.55. The van der Waals surface area contributed by atoms with E-state index in [1.165, 1.54) is 0 Å². The minimum atomic E-state index is -0.417. The molecule has 26 heavy (non-hydrogen) atoms. The van der Waals surface area contributed by atoms with E-state index in [9.17, 15) is 9.59 Å². The summed E-state index contributed by atoms with van der Waals surface area (Å²) in [5.41, 5.74) is 7.69. The smallest absolute Gasteiger partial charge is 0.227 e. The summed E-state index contributed by atoms with van der Waals surface area (Å²) in [5, 5.41) is 6.05. The highest BCUT2D eigenvalue weighted by Crippen LogP contribution is 2.31. The fourth-order valence-corrected chi connectivity index (χ4v) is 4.29. The predicted molar refractivity (Wildman–Crippen MR) is 103 cm³/mol. The van der Waals surface area contributed by atoms with Crippen molar-refractivity contribution >= 4 is 17.5 Å². The van der Waals surface area contributed by atoms with E-state index in [-0.39, 0.29) is 23.7 Å². The number of nitrogens with two attached hydrogens (primary N) is 1. The highest BCUT2D eigenvalue weighted by Gasteiger charge is 2.37. The zero-order chi connectivity index (χ0) is 18.6. The van der Waals surface area contributed by atoms with Gasteiger partial charge in [-0.05, 0) is 50.3 Å². The SMILES string of the molecule is CC1(N)CCCCC1C(=O)NCc1cccc(NC(=O)C2CCCC2)c1. The van der Waals surface area contributed by atoms with Gasteiger partial charge in [-0.2, -0.15) is 0 Å². The first-order valence-electron chi connectivity index (χ1n) is 9.92. The molecule has 2 fully saturated rings. The molecule has 2 atom stereocenters. The van der Waals surface area contributed by atoms with Crippen LogP contribution in [0.1, 0.15) is 63.9 Å². The van der Waals surface area contributed by atoms with E-state index in [0.29, 0.717) is 6.54 Å². The van der Waals surface area contributed by atoms with Crippen molar-refractivity contribution in [1.82, 2.24) is 5.32 Å². The molecule has 3 rings (SSSR count). The molecule has 0 bridgehead atoms. The third-order valence-corrected chi connectivity index (χ3v) is 5.96. The van der Waals surface area contributed by atoms with Crippen LogP contribution in [-0.4, -0.2) is 17.4 Å². The van der Waals surface area contributed by atoms with Gasteiger partial charge >= 0.3 is 0 Å². The lowest BCUT2D eigenvalue weighted by Gasteiger charge is -2.37. The van der Waals surface area contributed by atoms with Gasteiger partial charge in [0.1, 0.15) is 0 Å². The van der Waals surface area contributed by atoms with Crippen LogP contribution in [0.5, 0.6) is 0 Å². The Hall–Kier alpha value is -1.88. The molecule has 2 amide bonds. The number of anilines is 1. The first-order chi connectivity index (χ1) is 12.5. The summed E-state index contributed by atoms with van der Waals surface area (Å²) in [7, 11) is 0. The highest BCUT2D eigenvalue weighted by atomic mass is 16.2. The highest BCUT2D eigenvalue weighted by molar-refractivity contribution is 5.92. The van der Waals surface area contributed by atoms with Crippen LogP contribution in [0, 0.1) is 11.8 Å². The van der Waals surface area contributed by atoms with Crippen LogP contribution in [0.2, 0.25) is 0 Å². The van der Waals surface area contributed by atoms with Gasteiger partial charge in [-0.3, -0.25) is 9.59 Å². The van der Waals surface area contributed by atoms with Crippen molar-refractivity contribution in [2.45, 2.75) is 70.4 Å². The average Bonchev–Trinajstić information content (AvgIpc) is 3.14. The molecule has 0 aromatic heterocycles. The van der Waals surface area contributed by atoms with Crippen molar-refractivity contribution < 1.29 is 9.59 Å². The topological polar surface area (TPSA) is 84.2 Å². The maximum Gasteiger partial charge on any atom is 0.227 e. The Kier molecular flexibility index (Phi) is 5.97. The second-order valence-corrected chi connectivity index (χ2v) is 8.19. The number of hydrogen-bond acceptors (Lipinski definition) is 3. The molecule has 2 aliphatic rings. The number of hydrogen-bond donors (Lipinski definition) is 3. The first-order valence-corrected chi connectivity index (χ1v) is 9.92. The monoisotopic (exact) mass is 357 g/mol. The molecule has 5 heteroatoms. The fraction of sp³-hybridized carbons (Fsp3) is 0.619. The Bertz CT molecular complexity index is 650. The van der Waals surface area contributed by atoms with Gasteiger partial charge in [0.2, 0.25) is 11.8 Å². The number of benzene rings is 1. The van der Waals surface area contributed by atoms with E-state index in [4.69, 9.17) is 5.73 Å². The standard InChI is InChI=1S/C21H31N3O2/c1-21(22)12-5-4-11-18(21)20(26)23-14-15-7-6-10-17(13-15)24-19(25)16-8-2-3-9-16/h6-7,10,13,16,18H,2-5,8-9,11-12,14,22H2,1H3,(H,23,26)(H,24,25). The molecule has 0 spiro atoms. The van der Waals surface area contributed by atoms with E-state index >= 15 is 0 Å². The molecule has 0 heterocycles. The van der Waals surface area contributed by atoms with Gasteiger partial charge in [0, 0.05) is 23.7 Å². The molecule has 0 saturated heterocycles. The average molecular weight is 357 g/mol. The van der Waals surface area contributed by atoms with Gasteiger partial charge in [-0.25, -0.2) is 0 Å². The zero-order valence-corrected chi connectivity index (χ0v) is 15.7. The lowest BCUT2D eigenvalue weighted by molar-refractivity contribution is -0.128. The zero-order valence-electron chi connectivity index (χ0n) is 15.7. The Morgan fingerprint density at radius 1 is 1.12 bits per heavy atom. The maximum absolute atomic E-state index is 12.6. The van der Waals surface area contributed by atoms with Crippen LogP contribution >= 0.6 is 0 Å². The molecule has 0 radical (unpaired) electrons. The maximum atomic E-state index is 12.6. The molecular weight excluding hydrogens is 326 g/mol. The molecule has 5 nitrogen and oxygen atoms in total. The van der Waals surface area contributed by atoms with Gasteiger partial charge in [0.25, 0.3) is 0 Å². The van der Waals surface area contributed by atoms with E-state index in [2.05, 4.69) is 10.6 Å². The third-order valence-electron chi connectivity index (χ3n) is 5.96. The van der Waals surface area contributed by atoms with Gasteiger partial charge in [-0.1, -0.05) is 37.8 Å². The summed E-state index contributed by atoms with van der Waals surface area (Å²) < 4.78 is 0. The van der Waals surface area contributed by atoms with Crippen molar-refractivity contribution in [3.8, 4) is 0 Å². The number of carbonyl (C=O) groups is 2. The van der Waals surface area contributed by atoms with Crippen LogP contribution < -0.4 is 16.4 Å². The van der Waals surface area contributed by atoms with Crippen LogP contribution in [0.4, 0.5) is 5.69 Å². The number of carbonyl (C=O) groups excluding carboxylic acids is 2. The number of rotatable bonds is 5. The summed E-state index contributed by atoms with van der Waals surface area (Å²) in [4.78, 5) is 24.8. The van der Waals surface area contributed by atoms with E-state index in [0.717, 1.165) is 62.6 Å². The molecule has 1 aromatic rings. The van der Waals surface area contributed by atoms with Gasteiger partial charge in [0.05, 0.1) is 5.92 Å². The first kappa shape index (κ1) is 18.9. The van der Waals surface area contributed by atoms with Crippen molar-refractivity contribution in [1.29, 1.82) is 0 Å². The Morgan fingerprint density at radius 3 is 2.58 bits per heavy atom. The molecule has 2 aliphatic carbocycles. The molecule has 142 valence electrons. The summed E-state index contributed by atoms with van der Waals surface area (Å²) in [6.45, 7) is 2.44. The molecular formula is C21H31N3O2. The van der Waals surface area contributed by atoms with E-state index < -0.39 is 5.54 Å². The van der Waals surface area contributed by atoms with Crippen molar-refractivity contribution in [3.05, 3.63) is 29.8 Å². The van der Waals surface area contributed by atoms with Crippen LogP contribution in [0.15, 0.2) is 24.3 Å². The van der Waals surface area contributed by atoms with Crippen molar-refractivity contribution in [3.63, 3.8) is 0 Å². The Morgan fingerprint density at radius 2 is 1.85 bits per heavy atom. The number of amides is 2. The van der Waals surface area contributed by atoms with Crippen molar-refractivity contribution in [2.75, 3.05) is 5.32 Å². The second kappa shape index (κ2) is 8.21. The molecule has 2 unspecified atom stereocenters. The molecule has 1 aromatic carbocycles. The van der Waals surface area contributed by atoms with Gasteiger partial charge in [0.15, 0.2) is 0 Å². The van der Waals surface area contributed by atoms with Gasteiger partial charge < -0.3 is 16.4 Å². The minimum absolute atomic E-state index is 0.0371. The van der Waals surface area contributed by atoms with Crippen LogP contribution in [-0.2, 0) is 16.1 Å². The van der Waals surface area contributed by atoms with E-state index in [1.54, 1.807) is 0 Å². The molecule has 2 saturated carbocycles. The summed E-state index contributed by atoms with van der Waals surface area (Å²) in [6, 6.07) is 7.72. The summed E-state index contributed by atoms with van der Waals surface area (Å²) >= 11 is 0. The third kappa shape index (κ3) is 4.64.